The van der Waals surface area contributed by atoms with E-state index in [2.05, 4.69) is 41.8 Å². The molecule has 0 radical (unpaired) electrons. The predicted octanol–water partition coefficient (Wildman–Crippen LogP) is 4.60. The molecule has 1 nitrogen and oxygen atoms in total. The Kier molecular flexibility index (Phi) is 5.15. The van der Waals surface area contributed by atoms with E-state index in [1.165, 1.54) is 62.8 Å². The van der Waals surface area contributed by atoms with Crippen LogP contribution in [0.1, 0.15) is 51.4 Å². The summed E-state index contributed by atoms with van der Waals surface area (Å²) in [4.78, 5) is 0. The number of hydrogen-bond acceptors (Lipinski definition) is 1. The Morgan fingerprint density at radius 2 is 1.24 bits per heavy atom. The lowest BCUT2D eigenvalue weighted by molar-refractivity contribution is 0.671. The molecule has 0 aliphatic heterocycles. The summed E-state index contributed by atoms with van der Waals surface area (Å²) < 4.78 is 0. The molecule has 1 heteroatoms. The molecule has 0 aromatic heterocycles. The van der Waals surface area contributed by atoms with Crippen molar-refractivity contribution in [2.75, 3.05) is 0 Å². The summed E-state index contributed by atoms with van der Waals surface area (Å²) >= 11 is 0. The Labute approximate surface area is 105 Å². The van der Waals surface area contributed by atoms with E-state index in [0.717, 1.165) is 0 Å². The Balaban J connectivity index is 1.97. The van der Waals surface area contributed by atoms with Gasteiger partial charge in [-0.2, -0.15) is 0 Å². The van der Waals surface area contributed by atoms with Crippen LogP contribution in [0.2, 0.25) is 0 Å². The van der Waals surface area contributed by atoms with Gasteiger partial charge in [0.2, 0.25) is 0 Å². The summed E-state index contributed by atoms with van der Waals surface area (Å²) in [6, 6.07) is 0. The lowest BCUT2D eigenvalue weighted by Gasteiger charge is -2.15. The molecular formula is C16H23N. The fourth-order valence-electron chi connectivity index (χ4n) is 2.30. The van der Waals surface area contributed by atoms with Gasteiger partial charge in [-0.1, -0.05) is 24.3 Å². The molecule has 0 atom stereocenters. The molecule has 0 unspecified atom stereocenters. The second-order valence-corrected chi connectivity index (χ2v) is 4.86. The van der Waals surface area contributed by atoms with Gasteiger partial charge in [-0.25, -0.2) is 0 Å². The first-order valence-corrected chi connectivity index (χ1v) is 6.93. The Morgan fingerprint density at radius 3 is 1.76 bits per heavy atom. The summed E-state index contributed by atoms with van der Waals surface area (Å²) in [5.74, 6) is 0. The highest BCUT2D eigenvalue weighted by Crippen LogP contribution is 2.16. The van der Waals surface area contributed by atoms with E-state index in [0.29, 0.717) is 0 Å². The van der Waals surface area contributed by atoms with Gasteiger partial charge in [0.1, 0.15) is 0 Å². The van der Waals surface area contributed by atoms with Crippen molar-refractivity contribution in [1.82, 2.24) is 5.32 Å². The molecular weight excluding hydrogens is 206 g/mol. The minimum atomic E-state index is 1.19. The van der Waals surface area contributed by atoms with Crippen molar-refractivity contribution in [3.8, 4) is 0 Å². The van der Waals surface area contributed by atoms with Crippen molar-refractivity contribution < 1.29 is 0 Å². The van der Waals surface area contributed by atoms with E-state index in [-0.39, 0.29) is 0 Å². The smallest absolute Gasteiger partial charge is 0.0148 e. The highest BCUT2D eigenvalue weighted by atomic mass is 14.9. The molecule has 0 aromatic rings. The fourth-order valence-corrected chi connectivity index (χ4v) is 2.30. The maximum atomic E-state index is 3.61. The van der Waals surface area contributed by atoms with Crippen LogP contribution in [0.15, 0.2) is 47.9 Å². The maximum Gasteiger partial charge on any atom is 0.0148 e. The van der Waals surface area contributed by atoms with Crippen molar-refractivity contribution in [2.24, 2.45) is 0 Å². The van der Waals surface area contributed by atoms with Gasteiger partial charge < -0.3 is 5.32 Å². The maximum absolute atomic E-state index is 3.61. The molecule has 0 fully saturated rings. The Hall–Kier alpha value is -1.24. The minimum Gasteiger partial charge on any atom is -0.362 e. The van der Waals surface area contributed by atoms with Crippen molar-refractivity contribution >= 4 is 0 Å². The first-order valence-electron chi connectivity index (χ1n) is 6.93. The van der Waals surface area contributed by atoms with Crippen LogP contribution in [-0.4, -0.2) is 0 Å². The normalized spacial score (nSPS) is 21.6. The molecule has 0 spiro atoms. The van der Waals surface area contributed by atoms with Gasteiger partial charge in [0, 0.05) is 11.4 Å². The quantitative estimate of drug-likeness (QED) is 0.729. The molecule has 0 saturated carbocycles. The first-order chi connectivity index (χ1) is 8.45. The number of allylic oxidation sites excluding steroid dienone is 8. The highest BCUT2D eigenvalue weighted by Gasteiger charge is 2.03. The molecule has 0 aromatic carbocycles. The highest BCUT2D eigenvalue weighted by molar-refractivity contribution is 5.21. The van der Waals surface area contributed by atoms with Crippen LogP contribution in [-0.2, 0) is 0 Å². The van der Waals surface area contributed by atoms with E-state index in [9.17, 15) is 0 Å². The number of nitrogens with one attached hydrogen (secondary N) is 1. The average molecular weight is 229 g/mol. The molecule has 1 N–H and O–H groups in total. The van der Waals surface area contributed by atoms with E-state index in [1.54, 1.807) is 0 Å². The molecule has 2 rings (SSSR count). The SMILES string of the molecule is C1=CCCCCC(NC2=CC=CCCCC2)=C1. The van der Waals surface area contributed by atoms with Crippen LogP contribution in [0.25, 0.3) is 0 Å². The number of hydrogen-bond donors (Lipinski definition) is 1. The van der Waals surface area contributed by atoms with Gasteiger partial charge in [-0.05, 0) is 63.5 Å². The van der Waals surface area contributed by atoms with Gasteiger partial charge in [0.05, 0.1) is 0 Å². The van der Waals surface area contributed by atoms with Crippen molar-refractivity contribution in [3.05, 3.63) is 47.9 Å². The zero-order chi connectivity index (χ0) is 11.8. The summed E-state index contributed by atoms with van der Waals surface area (Å²) in [5, 5.41) is 3.61. The molecule has 0 bridgehead atoms. The van der Waals surface area contributed by atoms with Crippen molar-refractivity contribution in [3.63, 3.8) is 0 Å². The lowest BCUT2D eigenvalue weighted by Crippen LogP contribution is -2.13. The third-order valence-corrected chi connectivity index (χ3v) is 3.32. The van der Waals surface area contributed by atoms with Crippen LogP contribution in [0.3, 0.4) is 0 Å². The van der Waals surface area contributed by atoms with Gasteiger partial charge in [0.25, 0.3) is 0 Å². The average Bonchev–Trinajstić information content (AvgIpc) is 2.24. The third-order valence-electron chi connectivity index (χ3n) is 3.32. The topological polar surface area (TPSA) is 12.0 Å². The summed E-state index contributed by atoms with van der Waals surface area (Å²) in [5.41, 5.74) is 2.75. The minimum absolute atomic E-state index is 1.19. The van der Waals surface area contributed by atoms with E-state index in [1.807, 2.05) is 0 Å². The van der Waals surface area contributed by atoms with Gasteiger partial charge in [-0.15, -0.1) is 0 Å². The van der Waals surface area contributed by atoms with E-state index in [4.69, 9.17) is 0 Å². The summed E-state index contributed by atoms with van der Waals surface area (Å²) in [7, 11) is 0. The van der Waals surface area contributed by atoms with E-state index < -0.39 is 0 Å². The number of rotatable bonds is 2. The molecule has 2 aliphatic rings. The zero-order valence-corrected chi connectivity index (χ0v) is 10.6. The van der Waals surface area contributed by atoms with Crippen LogP contribution in [0.4, 0.5) is 0 Å². The van der Waals surface area contributed by atoms with Crippen LogP contribution >= 0.6 is 0 Å². The van der Waals surface area contributed by atoms with Crippen LogP contribution < -0.4 is 5.32 Å². The second-order valence-electron chi connectivity index (χ2n) is 4.86. The monoisotopic (exact) mass is 229 g/mol. The fraction of sp³-hybridized carbons (Fsp3) is 0.500. The van der Waals surface area contributed by atoms with E-state index >= 15 is 0 Å². The second kappa shape index (κ2) is 7.16. The molecule has 2 aliphatic carbocycles. The molecule has 0 saturated heterocycles. The molecule has 0 amide bonds. The molecule has 17 heavy (non-hydrogen) atoms. The first kappa shape index (κ1) is 12.2. The standard InChI is InChI=1S/C16H23N/c1-3-7-11-15(12-8-4-1)17-16-13-9-5-2-6-10-14-16/h3,5,7,9,11,13,17H,1-2,4,6,8,10,12,14H2. The molecule has 92 valence electrons. The van der Waals surface area contributed by atoms with Gasteiger partial charge in [0.15, 0.2) is 0 Å². The van der Waals surface area contributed by atoms with Crippen molar-refractivity contribution in [1.29, 1.82) is 0 Å². The van der Waals surface area contributed by atoms with Gasteiger partial charge in [-0.3, -0.25) is 0 Å². The Morgan fingerprint density at radius 1 is 0.706 bits per heavy atom. The van der Waals surface area contributed by atoms with Crippen molar-refractivity contribution in [2.45, 2.75) is 51.4 Å². The molecule has 0 heterocycles. The largest absolute Gasteiger partial charge is 0.362 e. The van der Waals surface area contributed by atoms with Crippen LogP contribution in [0, 0.1) is 0 Å². The third kappa shape index (κ3) is 4.64. The Bertz CT molecular complexity index is 311. The lowest BCUT2D eigenvalue weighted by atomic mass is 10.1. The predicted molar refractivity (Wildman–Crippen MR) is 74.5 cm³/mol. The van der Waals surface area contributed by atoms with Gasteiger partial charge >= 0.3 is 0 Å². The summed E-state index contributed by atoms with van der Waals surface area (Å²) in [6.07, 6.45) is 23.5. The summed E-state index contributed by atoms with van der Waals surface area (Å²) in [6.45, 7) is 0. The zero-order valence-electron chi connectivity index (χ0n) is 10.6. The van der Waals surface area contributed by atoms with Crippen LogP contribution in [0.5, 0.6) is 0 Å².